The van der Waals surface area contributed by atoms with Gasteiger partial charge in [-0.15, -0.1) is 0 Å². The minimum atomic E-state index is -4.18. The SMILES string of the molecule is CSCC[C@H](N)C(=O)NCP(=O)(O)O. The van der Waals surface area contributed by atoms with Crippen molar-refractivity contribution in [3.05, 3.63) is 0 Å². The maximum Gasteiger partial charge on any atom is 0.344 e. The maximum atomic E-state index is 11.1. The second-order valence-electron chi connectivity index (χ2n) is 2.75. The summed E-state index contributed by atoms with van der Waals surface area (Å²) < 4.78 is 10.4. The third-order valence-corrected chi connectivity index (χ3v) is 2.64. The van der Waals surface area contributed by atoms with E-state index in [-0.39, 0.29) is 0 Å². The Morgan fingerprint density at radius 3 is 2.64 bits per heavy atom. The van der Waals surface area contributed by atoms with Crippen molar-refractivity contribution in [1.29, 1.82) is 0 Å². The average Bonchev–Trinajstić information content (AvgIpc) is 2.09. The summed E-state index contributed by atoms with van der Waals surface area (Å²) in [5.41, 5.74) is 5.45. The Balaban J connectivity index is 3.79. The van der Waals surface area contributed by atoms with Crippen molar-refractivity contribution in [2.45, 2.75) is 12.5 Å². The van der Waals surface area contributed by atoms with Crippen molar-refractivity contribution >= 4 is 25.3 Å². The fourth-order valence-corrected chi connectivity index (χ4v) is 1.54. The van der Waals surface area contributed by atoms with E-state index in [1.54, 1.807) is 11.8 Å². The van der Waals surface area contributed by atoms with Crippen molar-refractivity contribution in [2.75, 3.05) is 18.3 Å². The number of carbonyl (C=O) groups excluding carboxylic acids is 1. The zero-order chi connectivity index (χ0) is 11.2. The Morgan fingerprint density at radius 1 is 1.64 bits per heavy atom. The molecule has 0 aromatic rings. The van der Waals surface area contributed by atoms with Crippen molar-refractivity contribution in [1.82, 2.24) is 5.32 Å². The number of amides is 1. The molecule has 0 fully saturated rings. The first-order valence-corrected chi connectivity index (χ1v) is 7.13. The molecule has 0 radical (unpaired) electrons. The topological polar surface area (TPSA) is 113 Å². The third kappa shape index (κ3) is 7.34. The van der Waals surface area contributed by atoms with Crippen LogP contribution in [0.1, 0.15) is 6.42 Å². The molecule has 0 rings (SSSR count). The lowest BCUT2D eigenvalue weighted by molar-refractivity contribution is -0.122. The molecule has 0 aromatic carbocycles. The summed E-state index contributed by atoms with van der Waals surface area (Å²) >= 11 is 1.56. The highest BCUT2D eigenvalue weighted by atomic mass is 32.2. The predicted molar refractivity (Wildman–Crippen MR) is 56.0 cm³/mol. The van der Waals surface area contributed by atoms with Gasteiger partial charge in [-0.3, -0.25) is 9.36 Å². The van der Waals surface area contributed by atoms with Gasteiger partial charge >= 0.3 is 7.60 Å². The van der Waals surface area contributed by atoms with Crippen LogP contribution in [-0.4, -0.2) is 40.0 Å². The van der Waals surface area contributed by atoms with Gasteiger partial charge in [0.2, 0.25) is 5.91 Å². The number of nitrogens with two attached hydrogens (primary N) is 1. The van der Waals surface area contributed by atoms with Crippen LogP contribution < -0.4 is 11.1 Å². The van der Waals surface area contributed by atoms with E-state index >= 15 is 0 Å². The summed E-state index contributed by atoms with van der Waals surface area (Å²) in [7, 11) is -4.18. The molecule has 0 spiro atoms. The Kier molecular flexibility index (Phi) is 6.39. The molecule has 0 aliphatic heterocycles. The average molecular weight is 242 g/mol. The Bertz CT molecular complexity index is 232. The monoisotopic (exact) mass is 242 g/mol. The molecule has 0 saturated heterocycles. The summed E-state index contributed by atoms with van der Waals surface area (Å²) in [4.78, 5) is 28.1. The highest BCUT2D eigenvalue weighted by Gasteiger charge is 2.18. The largest absolute Gasteiger partial charge is 0.344 e. The first-order valence-electron chi connectivity index (χ1n) is 3.93. The zero-order valence-electron chi connectivity index (χ0n) is 7.84. The van der Waals surface area contributed by atoms with Gasteiger partial charge in [-0.25, -0.2) is 0 Å². The van der Waals surface area contributed by atoms with Gasteiger partial charge in [0.25, 0.3) is 0 Å². The molecule has 1 amide bonds. The van der Waals surface area contributed by atoms with Gasteiger partial charge in [0, 0.05) is 0 Å². The molecule has 0 aliphatic carbocycles. The van der Waals surface area contributed by atoms with Crippen LogP contribution in [0.3, 0.4) is 0 Å². The van der Waals surface area contributed by atoms with Crippen molar-refractivity contribution in [2.24, 2.45) is 5.73 Å². The van der Waals surface area contributed by atoms with Crippen LogP contribution in [0, 0.1) is 0 Å². The lowest BCUT2D eigenvalue weighted by atomic mass is 10.2. The highest BCUT2D eigenvalue weighted by molar-refractivity contribution is 7.98. The number of carbonyl (C=O) groups is 1. The van der Waals surface area contributed by atoms with Gasteiger partial charge < -0.3 is 20.8 Å². The minimum Gasteiger partial charge on any atom is -0.343 e. The van der Waals surface area contributed by atoms with Gasteiger partial charge in [0.1, 0.15) is 6.29 Å². The Labute approximate surface area is 86.8 Å². The number of thioether (sulfide) groups is 1. The molecule has 14 heavy (non-hydrogen) atoms. The van der Waals surface area contributed by atoms with E-state index in [1.165, 1.54) is 0 Å². The van der Waals surface area contributed by atoms with E-state index in [0.717, 1.165) is 5.75 Å². The molecule has 0 aromatic heterocycles. The lowest BCUT2D eigenvalue weighted by Crippen LogP contribution is -2.41. The van der Waals surface area contributed by atoms with E-state index in [1.807, 2.05) is 6.26 Å². The molecule has 84 valence electrons. The van der Waals surface area contributed by atoms with Crippen LogP contribution in [0.2, 0.25) is 0 Å². The van der Waals surface area contributed by atoms with E-state index in [2.05, 4.69) is 5.32 Å². The molecule has 0 saturated carbocycles. The van der Waals surface area contributed by atoms with Gasteiger partial charge in [0.15, 0.2) is 0 Å². The normalized spacial score (nSPS) is 13.7. The van der Waals surface area contributed by atoms with Crippen molar-refractivity contribution in [3.63, 3.8) is 0 Å². The molecule has 5 N–H and O–H groups in total. The number of hydrogen-bond donors (Lipinski definition) is 4. The smallest absolute Gasteiger partial charge is 0.343 e. The van der Waals surface area contributed by atoms with Crippen molar-refractivity contribution in [3.8, 4) is 0 Å². The van der Waals surface area contributed by atoms with Gasteiger partial charge in [-0.2, -0.15) is 11.8 Å². The van der Waals surface area contributed by atoms with Crippen molar-refractivity contribution < 1.29 is 19.1 Å². The number of nitrogens with one attached hydrogen (secondary N) is 1. The van der Waals surface area contributed by atoms with Gasteiger partial charge in [-0.05, 0) is 18.4 Å². The standard InChI is InChI=1S/C6H15N2O4PS/c1-14-3-2-5(7)6(9)8-4-13(10,11)12/h5H,2-4,7H2,1H3,(H,8,9)(H2,10,11,12)/t5-/m0/s1. The minimum absolute atomic E-state index is 0.494. The van der Waals surface area contributed by atoms with Crippen LogP contribution in [0.25, 0.3) is 0 Å². The molecule has 8 heteroatoms. The lowest BCUT2D eigenvalue weighted by Gasteiger charge is -2.11. The second-order valence-corrected chi connectivity index (χ2v) is 5.38. The fraction of sp³-hybridized carbons (Fsp3) is 0.833. The molecular formula is C6H15N2O4PS. The van der Waals surface area contributed by atoms with E-state index < -0.39 is 25.8 Å². The molecule has 0 unspecified atom stereocenters. The number of rotatable bonds is 6. The van der Waals surface area contributed by atoms with Crippen LogP contribution in [0.5, 0.6) is 0 Å². The third-order valence-electron chi connectivity index (χ3n) is 1.43. The first kappa shape index (κ1) is 13.9. The first-order chi connectivity index (χ1) is 6.37. The van der Waals surface area contributed by atoms with Crippen LogP contribution in [0.15, 0.2) is 0 Å². The summed E-state index contributed by atoms with van der Waals surface area (Å²) in [6, 6.07) is -0.700. The van der Waals surface area contributed by atoms with Gasteiger partial charge in [0.05, 0.1) is 6.04 Å². The summed E-state index contributed by atoms with van der Waals surface area (Å²) in [6.07, 6.45) is 1.73. The molecule has 6 nitrogen and oxygen atoms in total. The molecule has 1 atom stereocenters. The van der Waals surface area contributed by atoms with E-state index in [4.69, 9.17) is 15.5 Å². The quantitative estimate of drug-likeness (QED) is 0.459. The highest BCUT2D eigenvalue weighted by Crippen LogP contribution is 2.31. The van der Waals surface area contributed by atoms with E-state index in [0.29, 0.717) is 6.42 Å². The maximum absolute atomic E-state index is 11.1. The van der Waals surface area contributed by atoms with Crippen LogP contribution in [0.4, 0.5) is 0 Å². The molecule has 0 bridgehead atoms. The molecule has 0 heterocycles. The van der Waals surface area contributed by atoms with Crippen LogP contribution >= 0.6 is 19.4 Å². The van der Waals surface area contributed by atoms with E-state index in [9.17, 15) is 9.36 Å². The zero-order valence-corrected chi connectivity index (χ0v) is 9.55. The van der Waals surface area contributed by atoms with Crippen LogP contribution in [-0.2, 0) is 9.36 Å². The molecular weight excluding hydrogens is 227 g/mol. The Morgan fingerprint density at radius 2 is 2.21 bits per heavy atom. The van der Waals surface area contributed by atoms with Gasteiger partial charge in [-0.1, -0.05) is 0 Å². The molecule has 0 aliphatic rings. The predicted octanol–water partition coefficient (Wildman–Crippen LogP) is -0.682. The number of hydrogen-bond acceptors (Lipinski definition) is 4. The summed E-state index contributed by atoms with van der Waals surface area (Å²) in [5, 5.41) is 2.09. The second kappa shape index (κ2) is 6.42. The summed E-state index contributed by atoms with van der Waals surface area (Å²) in [5.74, 6) is 0.215. The Hall–Kier alpha value is -0.0700. The summed E-state index contributed by atoms with van der Waals surface area (Å²) in [6.45, 7) is 0. The fourth-order valence-electron chi connectivity index (χ4n) is 0.688.